The first kappa shape index (κ1) is 26.4. The minimum absolute atomic E-state index is 0.191. The minimum atomic E-state index is -4.69. The molecule has 0 atom stereocenters. The van der Waals surface area contributed by atoms with Gasteiger partial charge in [-0.2, -0.15) is 13.2 Å². The van der Waals surface area contributed by atoms with E-state index in [1.54, 1.807) is 65.3 Å². The topological polar surface area (TPSA) is 88.4 Å². The molecule has 7 nitrogen and oxygen atoms in total. The highest BCUT2D eigenvalue weighted by atomic mass is 79.9. The van der Waals surface area contributed by atoms with Gasteiger partial charge in [-0.15, -0.1) is 0 Å². The van der Waals surface area contributed by atoms with Crippen LogP contribution in [0.3, 0.4) is 0 Å². The fraction of sp³-hybridized carbons (Fsp3) is 0.0370. The summed E-state index contributed by atoms with van der Waals surface area (Å²) in [4.78, 5) is 34.1. The van der Waals surface area contributed by atoms with Crippen LogP contribution in [0.25, 0.3) is 16.9 Å². The second-order valence-electron chi connectivity index (χ2n) is 8.30. The maximum atomic E-state index is 13.2. The zero-order valence-corrected chi connectivity index (χ0v) is 22.0. The quantitative estimate of drug-likeness (QED) is 0.217. The number of aromatic nitrogens is 3. The summed E-state index contributed by atoms with van der Waals surface area (Å²) in [6.07, 6.45) is 0.0775. The van der Waals surface area contributed by atoms with E-state index in [9.17, 15) is 22.8 Å². The molecule has 0 bridgehead atoms. The van der Waals surface area contributed by atoms with Crippen LogP contribution in [0.15, 0.2) is 89.8 Å². The highest BCUT2D eigenvalue weighted by Gasteiger charge is 2.33. The third kappa shape index (κ3) is 5.64. The lowest BCUT2D eigenvalue weighted by atomic mass is 10.1. The molecule has 3 aromatic carbocycles. The molecule has 5 aromatic rings. The minimum Gasteiger partial charge on any atom is -0.322 e. The number of nitrogens with one attached hydrogen (secondary N) is 2. The summed E-state index contributed by atoms with van der Waals surface area (Å²) in [5.74, 6) is -0.827. The van der Waals surface area contributed by atoms with Crippen molar-refractivity contribution in [3.8, 4) is 11.3 Å². The molecule has 39 heavy (non-hydrogen) atoms. The molecule has 2 N–H and O–H groups in total. The Kier molecular flexibility index (Phi) is 7.11. The van der Waals surface area contributed by atoms with Crippen LogP contribution in [0.5, 0.6) is 0 Å². The molecule has 0 aliphatic heterocycles. The van der Waals surface area contributed by atoms with Crippen LogP contribution >= 0.6 is 27.5 Å². The Labute approximate surface area is 232 Å². The number of rotatable bonds is 5. The molecular formula is C27H16BrClF3N5O2. The largest absolute Gasteiger partial charge is 0.417 e. The zero-order chi connectivity index (χ0) is 27.7. The smallest absolute Gasteiger partial charge is 0.322 e. The summed E-state index contributed by atoms with van der Waals surface area (Å²) in [5, 5.41) is 4.89. The van der Waals surface area contributed by atoms with Crippen molar-refractivity contribution in [3.05, 3.63) is 112 Å². The number of fused-ring (bicyclic) bond motifs is 1. The van der Waals surface area contributed by atoms with Gasteiger partial charge < -0.3 is 10.6 Å². The normalized spacial score (nSPS) is 11.4. The number of benzene rings is 3. The van der Waals surface area contributed by atoms with Gasteiger partial charge in [0.15, 0.2) is 11.5 Å². The molecule has 5 rings (SSSR count). The van der Waals surface area contributed by atoms with Crippen LogP contribution in [-0.2, 0) is 6.18 Å². The van der Waals surface area contributed by atoms with Crippen LogP contribution < -0.4 is 10.6 Å². The number of anilines is 2. The predicted octanol–water partition coefficient (Wildman–Crippen LogP) is 7.34. The van der Waals surface area contributed by atoms with E-state index in [1.165, 1.54) is 12.3 Å². The van der Waals surface area contributed by atoms with Crippen molar-refractivity contribution in [2.75, 3.05) is 10.6 Å². The van der Waals surface area contributed by atoms with E-state index in [4.69, 9.17) is 11.6 Å². The zero-order valence-electron chi connectivity index (χ0n) is 19.6. The first-order valence-corrected chi connectivity index (χ1v) is 12.4. The Morgan fingerprint density at radius 2 is 1.62 bits per heavy atom. The van der Waals surface area contributed by atoms with Crippen LogP contribution in [0.2, 0.25) is 5.02 Å². The molecule has 2 amide bonds. The summed E-state index contributed by atoms with van der Waals surface area (Å²) < 4.78 is 42.2. The molecule has 12 heteroatoms. The molecule has 0 radical (unpaired) electrons. The maximum absolute atomic E-state index is 13.2. The predicted molar refractivity (Wildman–Crippen MR) is 145 cm³/mol. The van der Waals surface area contributed by atoms with Crippen LogP contribution in [-0.4, -0.2) is 26.2 Å². The fourth-order valence-corrected chi connectivity index (χ4v) is 4.33. The number of halogens is 5. The van der Waals surface area contributed by atoms with Crippen LogP contribution in [0.4, 0.5) is 24.7 Å². The number of carbonyl (C=O) groups is 2. The summed E-state index contributed by atoms with van der Waals surface area (Å²) in [6.45, 7) is 0. The highest BCUT2D eigenvalue weighted by molar-refractivity contribution is 9.10. The Morgan fingerprint density at radius 3 is 2.36 bits per heavy atom. The number of nitrogens with zero attached hydrogens (tertiary/aromatic N) is 3. The van der Waals surface area contributed by atoms with Crippen molar-refractivity contribution >= 4 is 56.5 Å². The maximum Gasteiger partial charge on any atom is 0.417 e. The fourth-order valence-electron chi connectivity index (χ4n) is 3.85. The Morgan fingerprint density at radius 1 is 0.897 bits per heavy atom. The third-order valence-electron chi connectivity index (χ3n) is 5.72. The molecule has 0 saturated heterocycles. The summed E-state index contributed by atoms with van der Waals surface area (Å²) in [5.41, 5.74) is 1.21. The number of hydrogen-bond acceptors (Lipinski definition) is 4. The molecule has 2 heterocycles. The van der Waals surface area contributed by atoms with Crippen LogP contribution in [0, 0.1) is 0 Å². The lowest BCUT2D eigenvalue weighted by Gasteiger charge is -2.12. The van der Waals surface area contributed by atoms with Gasteiger partial charge in [-0.05, 0) is 54.6 Å². The van der Waals surface area contributed by atoms with Gasteiger partial charge in [-0.3, -0.25) is 14.0 Å². The standard InChI is InChI=1S/C27H16BrClF3N5O2/c28-18-7-4-15(5-8-18)25(38)36-23-24-34-14-22(37(24)11-10-33-23)16-2-1-3-19(12-16)35-26(39)17-6-9-21(29)20(13-17)27(30,31)32/h1-14H,(H,35,39)(H,33,36,38). The van der Waals surface area contributed by atoms with E-state index < -0.39 is 22.7 Å². The van der Waals surface area contributed by atoms with Crippen molar-refractivity contribution in [3.63, 3.8) is 0 Å². The number of hydrogen-bond donors (Lipinski definition) is 2. The summed E-state index contributed by atoms with van der Waals surface area (Å²) in [6, 6.07) is 16.5. The number of carbonyl (C=O) groups excluding carboxylic acids is 2. The summed E-state index contributed by atoms with van der Waals surface area (Å²) >= 11 is 8.99. The second-order valence-corrected chi connectivity index (χ2v) is 9.62. The molecule has 0 aliphatic carbocycles. The van der Waals surface area contributed by atoms with E-state index in [2.05, 4.69) is 36.5 Å². The van der Waals surface area contributed by atoms with Crippen LogP contribution in [0.1, 0.15) is 26.3 Å². The van der Waals surface area contributed by atoms with E-state index in [0.29, 0.717) is 34.2 Å². The van der Waals surface area contributed by atoms with E-state index in [-0.39, 0.29) is 17.3 Å². The molecule has 2 aromatic heterocycles. The van der Waals surface area contributed by atoms with Gasteiger partial charge >= 0.3 is 6.18 Å². The van der Waals surface area contributed by atoms with Crippen molar-refractivity contribution in [1.29, 1.82) is 0 Å². The third-order valence-corrected chi connectivity index (χ3v) is 6.57. The van der Waals surface area contributed by atoms with Gasteiger partial charge in [0.05, 0.1) is 22.5 Å². The summed E-state index contributed by atoms with van der Waals surface area (Å²) in [7, 11) is 0. The lowest BCUT2D eigenvalue weighted by molar-refractivity contribution is -0.137. The SMILES string of the molecule is O=C(Nc1cccc(-c2cnc3c(NC(=O)c4ccc(Br)cc4)nccn23)c1)c1ccc(Cl)c(C(F)(F)F)c1. The Bertz CT molecular complexity index is 1720. The first-order chi connectivity index (χ1) is 18.6. The van der Waals surface area contributed by atoms with E-state index in [0.717, 1.165) is 10.5 Å². The number of imidazole rings is 1. The monoisotopic (exact) mass is 613 g/mol. The van der Waals surface area contributed by atoms with Crippen molar-refractivity contribution in [2.24, 2.45) is 0 Å². The molecule has 0 fully saturated rings. The van der Waals surface area contributed by atoms with Gasteiger partial charge in [0, 0.05) is 39.2 Å². The first-order valence-electron chi connectivity index (χ1n) is 11.3. The second kappa shape index (κ2) is 10.5. The van der Waals surface area contributed by atoms with Gasteiger partial charge in [-0.25, -0.2) is 9.97 Å². The average molecular weight is 615 g/mol. The molecule has 0 spiro atoms. The lowest BCUT2D eigenvalue weighted by Crippen LogP contribution is -2.14. The molecule has 0 aliphatic rings. The Balaban J connectivity index is 1.40. The van der Waals surface area contributed by atoms with Gasteiger partial charge in [0.2, 0.25) is 0 Å². The molecule has 0 unspecified atom stereocenters. The number of alkyl halides is 3. The average Bonchev–Trinajstić information content (AvgIpc) is 3.34. The molecule has 0 saturated carbocycles. The van der Waals surface area contributed by atoms with Crippen molar-refractivity contribution < 1.29 is 22.8 Å². The highest BCUT2D eigenvalue weighted by Crippen LogP contribution is 2.35. The van der Waals surface area contributed by atoms with Crippen molar-refractivity contribution in [1.82, 2.24) is 14.4 Å². The van der Waals surface area contributed by atoms with E-state index >= 15 is 0 Å². The van der Waals surface area contributed by atoms with Crippen molar-refractivity contribution in [2.45, 2.75) is 6.18 Å². The molecule has 196 valence electrons. The van der Waals surface area contributed by atoms with Gasteiger partial charge in [0.1, 0.15) is 0 Å². The van der Waals surface area contributed by atoms with E-state index in [1.807, 2.05) is 0 Å². The molecular weight excluding hydrogens is 599 g/mol. The Hall–Kier alpha value is -4.22. The number of amides is 2. The van der Waals surface area contributed by atoms with Gasteiger partial charge in [0.25, 0.3) is 11.8 Å². The van der Waals surface area contributed by atoms with Gasteiger partial charge in [-0.1, -0.05) is 39.7 Å².